The van der Waals surface area contributed by atoms with Crippen molar-refractivity contribution in [3.8, 4) is 11.8 Å². The summed E-state index contributed by atoms with van der Waals surface area (Å²) in [7, 11) is -3.94. The molecule has 0 bridgehead atoms. The first-order valence-corrected chi connectivity index (χ1v) is 6.02. The summed E-state index contributed by atoms with van der Waals surface area (Å²) in [6.45, 7) is 0. The largest absolute Gasteiger partial charge is 0.506 e. The molecule has 0 radical (unpaired) electrons. The zero-order valence-corrected chi connectivity index (χ0v) is 9.64. The van der Waals surface area contributed by atoms with Crippen molar-refractivity contribution in [3.05, 3.63) is 23.8 Å². The monoisotopic (exact) mass is 265 g/mol. The van der Waals surface area contributed by atoms with Crippen molar-refractivity contribution in [2.24, 2.45) is 14.5 Å². The number of phenolic OH excluding ortho intramolecular Hbond substituents is 1. The van der Waals surface area contributed by atoms with Gasteiger partial charge in [-0.1, -0.05) is 0 Å². The van der Waals surface area contributed by atoms with E-state index in [2.05, 4.69) is 14.1 Å². The zero-order chi connectivity index (χ0) is 13.3. The molecule has 0 aliphatic carbocycles. The Balaban J connectivity index is 2.33. The van der Waals surface area contributed by atoms with Crippen molar-refractivity contribution in [1.29, 1.82) is 5.26 Å². The number of hydrogen-bond donors (Lipinski definition) is 3. The molecule has 0 unspecified atom stereocenters. The molecule has 0 fully saturated rings. The molecule has 1 aromatic carbocycles. The third-order valence-corrected chi connectivity index (χ3v) is 2.88. The predicted molar refractivity (Wildman–Crippen MR) is 64.4 cm³/mol. The first-order valence-electron chi connectivity index (χ1n) is 4.62. The van der Waals surface area contributed by atoms with Crippen LogP contribution in [0.2, 0.25) is 0 Å². The Bertz CT molecular complexity index is 714. The Morgan fingerprint density at radius 3 is 2.61 bits per heavy atom. The number of aromatic hydroxyl groups is 1. The van der Waals surface area contributed by atoms with Crippen LogP contribution in [0.4, 0.5) is 5.69 Å². The average molecular weight is 265 g/mol. The number of nitriles is 1. The maximum Gasteiger partial charge on any atom is 0.367 e. The number of anilines is 1. The summed E-state index contributed by atoms with van der Waals surface area (Å²) in [6, 6.07) is 5.91. The highest BCUT2D eigenvalue weighted by molar-refractivity contribution is 7.89. The van der Waals surface area contributed by atoms with Gasteiger partial charge in [0.05, 0.1) is 17.3 Å². The number of rotatable bonds is 1. The molecule has 4 N–H and O–H groups in total. The zero-order valence-electron chi connectivity index (χ0n) is 8.82. The minimum absolute atomic E-state index is 0.169. The van der Waals surface area contributed by atoms with E-state index >= 15 is 0 Å². The maximum atomic E-state index is 11.0. The van der Waals surface area contributed by atoms with E-state index in [1.165, 1.54) is 18.2 Å². The molecule has 0 saturated heterocycles. The van der Waals surface area contributed by atoms with Gasteiger partial charge in [0, 0.05) is 0 Å². The Morgan fingerprint density at radius 2 is 2.11 bits per heavy atom. The number of amidine groups is 2. The second kappa shape index (κ2) is 4.01. The summed E-state index contributed by atoms with van der Waals surface area (Å²) < 4.78 is 28.4. The quantitative estimate of drug-likeness (QED) is 0.595. The summed E-state index contributed by atoms with van der Waals surface area (Å²) in [5.41, 5.74) is 5.79. The second-order valence-corrected chi connectivity index (χ2v) is 4.59. The lowest BCUT2D eigenvalue weighted by molar-refractivity contribution is 0.477. The Kier molecular flexibility index (Phi) is 2.64. The predicted octanol–water partition coefficient (Wildman–Crippen LogP) is -0.310. The van der Waals surface area contributed by atoms with Gasteiger partial charge in [-0.3, -0.25) is 0 Å². The molecule has 0 amide bonds. The highest BCUT2D eigenvalue weighted by Gasteiger charge is 2.22. The topological polar surface area (TPSA) is 141 Å². The molecule has 9 heteroatoms. The molecule has 18 heavy (non-hydrogen) atoms. The lowest BCUT2D eigenvalue weighted by atomic mass is 10.2. The summed E-state index contributed by atoms with van der Waals surface area (Å²) in [5.74, 6) is -0.692. The van der Waals surface area contributed by atoms with Crippen molar-refractivity contribution in [2.45, 2.75) is 0 Å². The molecular weight excluding hydrogens is 258 g/mol. The maximum absolute atomic E-state index is 11.0. The van der Waals surface area contributed by atoms with Crippen LogP contribution in [0.5, 0.6) is 5.75 Å². The van der Waals surface area contributed by atoms with Crippen molar-refractivity contribution in [3.63, 3.8) is 0 Å². The summed E-state index contributed by atoms with van der Waals surface area (Å²) in [4.78, 5) is 0. The Hall–Kier alpha value is -2.60. The van der Waals surface area contributed by atoms with Crippen molar-refractivity contribution < 1.29 is 13.5 Å². The number of hydrogen-bond acceptors (Lipinski definition) is 6. The highest BCUT2D eigenvalue weighted by atomic mass is 32.2. The van der Waals surface area contributed by atoms with Crippen LogP contribution in [0.3, 0.4) is 0 Å². The van der Waals surface area contributed by atoms with E-state index in [1.807, 2.05) is 6.07 Å². The number of phenols is 1. The fraction of sp³-hybridized carbons (Fsp3) is 0. The van der Waals surface area contributed by atoms with Crippen LogP contribution < -0.4 is 11.1 Å². The van der Waals surface area contributed by atoms with E-state index in [4.69, 9.17) is 11.0 Å². The average Bonchev–Trinajstić information content (AvgIpc) is 2.54. The van der Waals surface area contributed by atoms with Gasteiger partial charge in [-0.25, -0.2) is 0 Å². The van der Waals surface area contributed by atoms with Gasteiger partial charge in [0.15, 0.2) is 11.7 Å². The van der Waals surface area contributed by atoms with Crippen molar-refractivity contribution in [2.75, 3.05) is 5.32 Å². The van der Waals surface area contributed by atoms with E-state index < -0.39 is 10.2 Å². The highest BCUT2D eigenvalue weighted by Crippen LogP contribution is 2.24. The van der Waals surface area contributed by atoms with Crippen LogP contribution in [0, 0.1) is 11.3 Å². The normalized spacial score (nSPS) is 16.6. The van der Waals surface area contributed by atoms with Crippen LogP contribution in [0.15, 0.2) is 27.0 Å². The molecule has 1 aliphatic heterocycles. The van der Waals surface area contributed by atoms with Gasteiger partial charge in [0.1, 0.15) is 5.75 Å². The molecule has 0 saturated carbocycles. The standard InChI is InChI=1S/C9H7N5O3S/c10-4-5-1-2-6(7(15)3-5)12-9-8(11)13-18(16,17)14-9/h1-3,15H,(H2,11,13)(H,12,14). The van der Waals surface area contributed by atoms with Gasteiger partial charge in [0.25, 0.3) is 0 Å². The molecular formula is C9H7N5O3S. The van der Waals surface area contributed by atoms with Crippen LogP contribution in [0.1, 0.15) is 5.56 Å². The summed E-state index contributed by atoms with van der Waals surface area (Å²) in [5, 5.41) is 20.7. The Morgan fingerprint density at radius 1 is 1.39 bits per heavy atom. The molecule has 1 heterocycles. The molecule has 0 aromatic heterocycles. The number of nitrogens with one attached hydrogen (secondary N) is 1. The van der Waals surface area contributed by atoms with Gasteiger partial charge in [0.2, 0.25) is 0 Å². The molecule has 92 valence electrons. The molecule has 0 spiro atoms. The van der Waals surface area contributed by atoms with Gasteiger partial charge in [-0.2, -0.15) is 13.7 Å². The molecule has 1 aromatic rings. The van der Waals surface area contributed by atoms with Gasteiger partial charge < -0.3 is 16.2 Å². The fourth-order valence-corrected chi connectivity index (χ4v) is 2.02. The SMILES string of the molecule is N#Cc1ccc(NC2=NS(=O)(=O)N=C2N)c(O)c1. The second-order valence-electron chi connectivity index (χ2n) is 3.33. The lowest BCUT2D eigenvalue weighted by Gasteiger charge is -2.07. The summed E-state index contributed by atoms with van der Waals surface area (Å²) in [6.07, 6.45) is 0. The van der Waals surface area contributed by atoms with Crippen LogP contribution in [-0.4, -0.2) is 25.2 Å². The van der Waals surface area contributed by atoms with Crippen LogP contribution in [-0.2, 0) is 10.2 Å². The Labute approximate surface area is 102 Å². The van der Waals surface area contributed by atoms with E-state index in [-0.39, 0.29) is 28.7 Å². The summed E-state index contributed by atoms with van der Waals surface area (Å²) >= 11 is 0. The molecule has 8 nitrogen and oxygen atoms in total. The third-order valence-electron chi connectivity index (χ3n) is 2.04. The number of nitrogens with zero attached hydrogens (tertiary/aromatic N) is 3. The first-order chi connectivity index (χ1) is 8.41. The van der Waals surface area contributed by atoms with Crippen molar-refractivity contribution in [1.82, 2.24) is 0 Å². The van der Waals surface area contributed by atoms with Crippen molar-refractivity contribution >= 4 is 27.6 Å². The van der Waals surface area contributed by atoms with E-state index in [0.29, 0.717) is 0 Å². The van der Waals surface area contributed by atoms with Crippen LogP contribution >= 0.6 is 0 Å². The van der Waals surface area contributed by atoms with Gasteiger partial charge in [-0.15, -0.1) is 8.80 Å². The van der Waals surface area contributed by atoms with Gasteiger partial charge in [-0.05, 0) is 18.2 Å². The molecule has 0 atom stereocenters. The van der Waals surface area contributed by atoms with E-state index in [9.17, 15) is 13.5 Å². The lowest BCUT2D eigenvalue weighted by Crippen LogP contribution is -2.27. The smallest absolute Gasteiger partial charge is 0.367 e. The molecule has 2 rings (SSSR count). The minimum atomic E-state index is -3.94. The van der Waals surface area contributed by atoms with Crippen LogP contribution in [0.25, 0.3) is 0 Å². The van der Waals surface area contributed by atoms with E-state index in [0.717, 1.165) is 0 Å². The molecule has 1 aliphatic rings. The minimum Gasteiger partial charge on any atom is -0.506 e. The van der Waals surface area contributed by atoms with Gasteiger partial charge >= 0.3 is 10.2 Å². The number of benzene rings is 1. The first kappa shape index (κ1) is 11.9. The number of nitrogens with two attached hydrogens (primary N) is 1. The fourth-order valence-electron chi connectivity index (χ4n) is 1.27. The third kappa shape index (κ3) is 2.23. The van der Waals surface area contributed by atoms with E-state index in [1.54, 1.807) is 0 Å².